The summed E-state index contributed by atoms with van der Waals surface area (Å²) < 4.78 is 29.4. The Morgan fingerprint density at radius 2 is 0.737 bits per heavy atom. The topological polar surface area (TPSA) is 218 Å². The summed E-state index contributed by atoms with van der Waals surface area (Å²) in [7, 11) is 0. The van der Waals surface area contributed by atoms with E-state index in [1.807, 2.05) is 0 Å². The van der Waals surface area contributed by atoms with E-state index >= 15 is 0 Å². The van der Waals surface area contributed by atoms with Gasteiger partial charge in [-0.05, 0) is 0 Å². The molecule has 0 aromatic heterocycles. The number of aliphatic hydroxyl groups is 3. The molecule has 0 bridgehead atoms. The SMILES string of the molecule is CC(C)OC(=O)C(O)CC(=O)[O][Sn]([CH3])([O]C(=O)CC(O)C(=O)OC(C)C)[O]C(=O)CC(O)C(=O)OC(C)C. The molecule has 0 saturated heterocycles. The van der Waals surface area contributed by atoms with E-state index in [4.69, 9.17) is 23.4 Å². The molecule has 0 heterocycles. The molecule has 0 saturated carbocycles. The molecule has 38 heavy (non-hydrogen) atoms. The van der Waals surface area contributed by atoms with Gasteiger partial charge >= 0.3 is 225 Å². The van der Waals surface area contributed by atoms with E-state index in [0.29, 0.717) is 0 Å². The van der Waals surface area contributed by atoms with E-state index in [9.17, 15) is 44.1 Å². The molecule has 0 spiro atoms. The van der Waals surface area contributed by atoms with Crippen molar-refractivity contribution in [3.8, 4) is 0 Å². The molecular formula is C22H36O15Sn. The van der Waals surface area contributed by atoms with Gasteiger partial charge in [0.25, 0.3) is 0 Å². The average Bonchev–Trinajstić information content (AvgIpc) is 2.70. The predicted octanol–water partition coefficient (Wildman–Crippen LogP) is -0.707. The van der Waals surface area contributed by atoms with Crippen LogP contribution < -0.4 is 0 Å². The predicted molar refractivity (Wildman–Crippen MR) is 125 cm³/mol. The summed E-state index contributed by atoms with van der Waals surface area (Å²) in [6.07, 6.45) is -10.5. The minimum atomic E-state index is -5.60. The summed E-state index contributed by atoms with van der Waals surface area (Å²) in [5.41, 5.74) is 0. The van der Waals surface area contributed by atoms with Gasteiger partial charge in [0.15, 0.2) is 0 Å². The molecule has 0 aliphatic carbocycles. The van der Waals surface area contributed by atoms with Crippen molar-refractivity contribution < 1.29 is 67.5 Å². The molecule has 0 fully saturated rings. The molecule has 218 valence electrons. The summed E-state index contributed by atoms with van der Waals surface area (Å²) >= 11 is -5.60. The number of esters is 3. The number of aliphatic hydroxyl groups excluding tert-OH is 3. The Labute approximate surface area is 225 Å². The van der Waals surface area contributed by atoms with Gasteiger partial charge in [-0.25, -0.2) is 0 Å². The number of hydrogen-bond donors (Lipinski definition) is 3. The van der Waals surface area contributed by atoms with Crippen LogP contribution in [0.15, 0.2) is 0 Å². The van der Waals surface area contributed by atoms with E-state index in [-0.39, 0.29) is 0 Å². The molecule has 0 amide bonds. The third kappa shape index (κ3) is 15.0. The van der Waals surface area contributed by atoms with Gasteiger partial charge in [0.2, 0.25) is 0 Å². The van der Waals surface area contributed by atoms with Crippen LogP contribution in [0.3, 0.4) is 0 Å². The average molecular weight is 659 g/mol. The van der Waals surface area contributed by atoms with E-state index in [1.54, 1.807) is 0 Å². The molecule has 16 heteroatoms. The summed E-state index contributed by atoms with van der Waals surface area (Å²) in [6, 6.07) is 0. The molecule has 3 unspecified atom stereocenters. The van der Waals surface area contributed by atoms with Crippen LogP contribution in [0, 0.1) is 0 Å². The number of carbonyl (C=O) groups excluding carboxylic acids is 6. The van der Waals surface area contributed by atoms with Crippen LogP contribution >= 0.6 is 0 Å². The zero-order valence-electron chi connectivity index (χ0n) is 22.3. The first-order chi connectivity index (χ1) is 17.3. The monoisotopic (exact) mass is 660 g/mol. The van der Waals surface area contributed by atoms with Gasteiger partial charge in [-0.1, -0.05) is 0 Å². The Bertz CT molecular complexity index is 746. The summed E-state index contributed by atoms with van der Waals surface area (Å²) in [6.45, 7) is 9.04. The van der Waals surface area contributed by atoms with Gasteiger partial charge in [-0.15, -0.1) is 0 Å². The van der Waals surface area contributed by atoms with Crippen molar-refractivity contribution in [1.29, 1.82) is 0 Å². The Kier molecular flexibility index (Phi) is 15.4. The Morgan fingerprint density at radius 3 is 0.921 bits per heavy atom. The van der Waals surface area contributed by atoms with Gasteiger partial charge in [0.05, 0.1) is 0 Å². The van der Waals surface area contributed by atoms with Gasteiger partial charge in [0, 0.05) is 0 Å². The molecule has 3 atom stereocenters. The second-order valence-corrected chi connectivity index (χ2v) is 15.6. The van der Waals surface area contributed by atoms with E-state index in [1.165, 1.54) is 41.5 Å². The minimum absolute atomic E-state index is 0.595. The van der Waals surface area contributed by atoms with E-state index in [2.05, 4.69) is 0 Å². The molecule has 3 N–H and O–H groups in total. The summed E-state index contributed by atoms with van der Waals surface area (Å²) in [4.78, 5) is 73.3. The van der Waals surface area contributed by atoms with Crippen LogP contribution in [0.5, 0.6) is 0 Å². The normalized spacial score (nSPS) is 15.1. The molecule has 0 aliphatic rings. The van der Waals surface area contributed by atoms with Crippen molar-refractivity contribution in [3.05, 3.63) is 0 Å². The Morgan fingerprint density at radius 1 is 0.526 bits per heavy atom. The number of hydrogen-bond acceptors (Lipinski definition) is 15. The fourth-order valence-electron chi connectivity index (χ4n) is 2.46. The van der Waals surface area contributed by atoms with Gasteiger partial charge in [-0.2, -0.15) is 0 Å². The van der Waals surface area contributed by atoms with Crippen LogP contribution in [-0.4, -0.2) is 107 Å². The fourth-order valence-corrected chi connectivity index (χ4v) is 7.08. The maximum atomic E-state index is 12.4. The van der Waals surface area contributed by atoms with Crippen molar-refractivity contribution in [1.82, 2.24) is 0 Å². The van der Waals surface area contributed by atoms with Crippen molar-refractivity contribution in [2.45, 2.75) is 102 Å². The molecule has 15 nitrogen and oxygen atoms in total. The van der Waals surface area contributed by atoms with Crippen molar-refractivity contribution in [2.75, 3.05) is 0 Å². The third-order valence-corrected chi connectivity index (χ3v) is 8.97. The number of rotatable bonds is 15. The summed E-state index contributed by atoms with van der Waals surface area (Å²) in [5, 5.41) is 29.6. The van der Waals surface area contributed by atoms with Crippen LogP contribution in [0.25, 0.3) is 0 Å². The molecule has 0 radical (unpaired) electrons. The number of ether oxygens (including phenoxy) is 3. The van der Waals surface area contributed by atoms with Crippen LogP contribution in [0.4, 0.5) is 0 Å². The van der Waals surface area contributed by atoms with Gasteiger partial charge < -0.3 is 0 Å². The zero-order chi connectivity index (χ0) is 29.8. The van der Waals surface area contributed by atoms with Crippen LogP contribution in [0.1, 0.15) is 60.8 Å². The number of carbonyl (C=O) groups is 6. The second-order valence-electron chi connectivity index (χ2n) is 8.90. The first-order valence-electron chi connectivity index (χ1n) is 11.7. The van der Waals surface area contributed by atoms with E-state index in [0.717, 1.165) is 4.94 Å². The molecule has 0 aliphatic heterocycles. The molecule has 0 aromatic carbocycles. The Balaban J connectivity index is 5.55. The fraction of sp³-hybridized carbons (Fsp3) is 0.727. The first kappa shape index (κ1) is 35.5. The third-order valence-electron chi connectivity index (χ3n) is 3.85. The van der Waals surface area contributed by atoms with Gasteiger partial charge in [-0.3, -0.25) is 0 Å². The van der Waals surface area contributed by atoms with Crippen LogP contribution in [0.2, 0.25) is 4.94 Å². The Hall–Kier alpha value is -2.50. The molecular weight excluding hydrogens is 623 g/mol. The summed E-state index contributed by atoms with van der Waals surface area (Å²) in [5.74, 6) is -7.34. The molecule has 0 rings (SSSR count). The first-order valence-corrected chi connectivity index (χ1v) is 18.0. The van der Waals surface area contributed by atoms with Crippen molar-refractivity contribution >= 4 is 55.4 Å². The van der Waals surface area contributed by atoms with Crippen LogP contribution in [-0.2, 0) is 52.2 Å². The van der Waals surface area contributed by atoms with E-state index < -0.39 is 111 Å². The quantitative estimate of drug-likeness (QED) is 0.112. The molecule has 0 aromatic rings. The van der Waals surface area contributed by atoms with Gasteiger partial charge in [0.1, 0.15) is 0 Å². The zero-order valence-corrected chi connectivity index (χ0v) is 25.2. The standard InChI is InChI=1S/3C7H12O5.CH3.Sn/c3*1-4(2)12-7(11)5(8)3-6(9)10;;/h3*4-5,8H,3H2,1-2H3,(H,9,10);1H3;/q;;;;+3/p-3. The van der Waals surface area contributed by atoms with Crippen molar-refractivity contribution in [3.63, 3.8) is 0 Å². The maximum absolute atomic E-state index is 12.4. The second kappa shape index (κ2) is 16.5. The van der Waals surface area contributed by atoms with Crippen molar-refractivity contribution in [2.24, 2.45) is 0 Å².